The minimum atomic E-state index is -2.93. The summed E-state index contributed by atoms with van der Waals surface area (Å²) >= 11 is 0. The molecule has 2 heterocycles. The van der Waals surface area contributed by atoms with Gasteiger partial charge in [-0.2, -0.15) is 0 Å². The molecule has 0 aromatic carbocycles. The van der Waals surface area contributed by atoms with Crippen LogP contribution in [0.5, 0.6) is 0 Å². The van der Waals surface area contributed by atoms with Crippen LogP contribution in [0.3, 0.4) is 0 Å². The zero-order valence-electron chi connectivity index (χ0n) is 9.76. The fourth-order valence-electron chi connectivity index (χ4n) is 2.01. The number of carbonyl (C=O) groups is 1. The monoisotopic (exact) mass is 273 g/mol. The van der Waals surface area contributed by atoms with Gasteiger partial charge in [-0.05, 0) is 18.9 Å². The van der Waals surface area contributed by atoms with Gasteiger partial charge < -0.3 is 14.8 Å². The van der Waals surface area contributed by atoms with Crippen molar-refractivity contribution in [1.82, 2.24) is 5.32 Å². The van der Waals surface area contributed by atoms with Gasteiger partial charge in [0.25, 0.3) is 0 Å². The predicted octanol–water partition coefficient (Wildman–Crippen LogP) is 0.645. The topological polar surface area (TPSA) is 96.6 Å². The third-order valence-corrected chi connectivity index (χ3v) is 4.75. The number of carboxylic acid groups (broad SMARTS) is 1. The highest BCUT2D eigenvalue weighted by atomic mass is 32.2. The molecule has 1 saturated heterocycles. The quantitative estimate of drug-likeness (QED) is 0.836. The molecule has 100 valence electrons. The lowest BCUT2D eigenvalue weighted by molar-refractivity contribution is 0.0696. The number of rotatable bonds is 4. The van der Waals surface area contributed by atoms with Gasteiger partial charge in [-0.3, -0.25) is 0 Å². The van der Waals surface area contributed by atoms with Gasteiger partial charge in [0, 0.05) is 6.04 Å². The van der Waals surface area contributed by atoms with Crippen LogP contribution in [0, 0.1) is 0 Å². The van der Waals surface area contributed by atoms with Crippen LogP contribution >= 0.6 is 0 Å². The van der Waals surface area contributed by atoms with Crippen LogP contribution < -0.4 is 5.32 Å². The van der Waals surface area contributed by atoms with Gasteiger partial charge in [-0.1, -0.05) is 0 Å². The minimum absolute atomic E-state index is 0.0814. The fourth-order valence-corrected chi connectivity index (χ4v) is 3.68. The maximum atomic E-state index is 11.4. The molecule has 0 spiro atoms. The molecule has 0 radical (unpaired) electrons. The summed E-state index contributed by atoms with van der Waals surface area (Å²) in [7, 11) is -2.93. The highest BCUT2D eigenvalue weighted by Gasteiger charge is 2.24. The van der Waals surface area contributed by atoms with E-state index in [0.717, 1.165) is 6.42 Å². The summed E-state index contributed by atoms with van der Waals surface area (Å²) in [6.45, 7) is 0.341. The summed E-state index contributed by atoms with van der Waals surface area (Å²) in [6.07, 6.45) is 2.65. The van der Waals surface area contributed by atoms with Crippen molar-refractivity contribution in [2.75, 3.05) is 11.5 Å². The molecular weight excluding hydrogens is 258 g/mol. The van der Waals surface area contributed by atoms with E-state index >= 15 is 0 Å². The van der Waals surface area contributed by atoms with Crippen molar-refractivity contribution >= 4 is 15.8 Å². The molecule has 1 atom stereocenters. The van der Waals surface area contributed by atoms with E-state index in [1.165, 1.54) is 12.3 Å². The Morgan fingerprint density at radius 1 is 1.56 bits per heavy atom. The summed E-state index contributed by atoms with van der Waals surface area (Å²) in [4.78, 5) is 10.6. The van der Waals surface area contributed by atoms with Crippen LogP contribution in [0.4, 0.5) is 0 Å². The maximum Gasteiger partial charge on any atom is 0.338 e. The summed E-state index contributed by atoms with van der Waals surface area (Å²) in [5.41, 5.74) is 0.100. The SMILES string of the molecule is O=C(O)c1coc(CNC2CCCS(=O)(=O)C2)c1. The average Bonchev–Trinajstić information content (AvgIpc) is 2.74. The van der Waals surface area contributed by atoms with E-state index in [-0.39, 0.29) is 23.1 Å². The summed E-state index contributed by atoms with van der Waals surface area (Å²) in [5.74, 6) is -0.144. The number of hydrogen-bond acceptors (Lipinski definition) is 5. The van der Waals surface area contributed by atoms with Gasteiger partial charge in [-0.25, -0.2) is 13.2 Å². The molecule has 1 aliphatic heterocycles. The zero-order chi connectivity index (χ0) is 13.2. The van der Waals surface area contributed by atoms with Crippen LogP contribution in [0.25, 0.3) is 0 Å². The Balaban J connectivity index is 1.89. The molecule has 0 amide bonds. The lowest BCUT2D eigenvalue weighted by Gasteiger charge is -2.22. The largest absolute Gasteiger partial charge is 0.478 e. The molecule has 2 rings (SSSR count). The molecule has 0 aliphatic carbocycles. The number of hydrogen-bond donors (Lipinski definition) is 2. The lowest BCUT2D eigenvalue weighted by atomic mass is 10.2. The van der Waals surface area contributed by atoms with Crippen LogP contribution in [0.2, 0.25) is 0 Å². The van der Waals surface area contributed by atoms with Crippen molar-refractivity contribution in [3.63, 3.8) is 0 Å². The van der Waals surface area contributed by atoms with Crippen molar-refractivity contribution in [1.29, 1.82) is 0 Å². The molecule has 1 unspecified atom stereocenters. The van der Waals surface area contributed by atoms with E-state index in [0.29, 0.717) is 18.7 Å². The van der Waals surface area contributed by atoms with Gasteiger partial charge in [0.2, 0.25) is 0 Å². The Hall–Kier alpha value is -1.34. The number of sulfone groups is 1. The standard InChI is InChI=1S/C11H15NO5S/c13-11(14)8-4-10(17-6-8)5-12-9-2-1-3-18(15,16)7-9/h4,6,9,12H,1-3,5,7H2,(H,13,14). The Kier molecular flexibility index (Phi) is 3.72. The molecule has 1 aromatic heterocycles. The molecule has 0 bridgehead atoms. The third-order valence-electron chi connectivity index (χ3n) is 2.93. The van der Waals surface area contributed by atoms with Crippen LogP contribution in [0.1, 0.15) is 29.0 Å². The normalized spacial score (nSPS) is 22.8. The second-order valence-electron chi connectivity index (χ2n) is 4.44. The molecule has 7 heteroatoms. The second kappa shape index (κ2) is 5.11. The van der Waals surface area contributed by atoms with E-state index in [2.05, 4.69) is 5.32 Å². The second-order valence-corrected chi connectivity index (χ2v) is 6.67. The number of furan rings is 1. The Morgan fingerprint density at radius 3 is 2.94 bits per heavy atom. The van der Waals surface area contributed by atoms with E-state index in [4.69, 9.17) is 9.52 Å². The van der Waals surface area contributed by atoms with E-state index in [1.807, 2.05) is 0 Å². The first-order valence-electron chi connectivity index (χ1n) is 5.71. The van der Waals surface area contributed by atoms with Crippen molar-refractivity contribution in [3.05, 3.63) is 23.7 Å². The molecule has 1 aliphatic rings. The fraction of sp³-hybridized carbons (Fsp3) is 0.545. The average molecular weight is 273 g/mol. The molecular formula is C11H15NO5S. The van der Waals surface area contributed by atoms with Gasteiger partial charge in [0.05, 0.1) is 23.6 Å². The highest BCUT2D eigenvalue weighted by molar-refractivity contribution is 7.91. The maximum absolute atomic E-state index is 11.4. The number of aromatic carboxylic acids is 1. The molecule has 1 aromatic rings. The molecule has 18 heavy (non-hydrogen) atoms. The number of nitrogens with one attached hydrogen (secondary N) is 1. The highest BCUT2D eigenvalue weighted by Crippen LogP contribution is 2.13. The van der Waals surface area contributed by atoms with Crippen molar-refractivity contribution in [3.8, 4) is 0 Å². The van der Waals surface area contributed by atoms with E-state index in [9.17, 15) is 13.2 Å². The van der Waals surface area contributed by atoms with Crippen LogP contribution in [-0.2, 0) is 16.4 Å². The molecule has 0 saturated carbocycles. The van der Waals surface area contributed by atoms with Crippen molar-refractivity contribution in [2.45, 2.75) is 25.4 Å². The molecule has 2 N–H and O–H groups in total. The first-order chi connectivity index (χ1) is 8.46. The first-order valence-corrected chi connectivity index (χ1v) is 7.53. The Labute approximate surface area is 105 Å². The molecule has 6 nitrogen and oxygen atoms in total. The minimum Gasteiger partial charge on any atom is -0.478 e. The van der Waals surface area contributed by atoms with Crippen LogP contribution in [0.15, 0.2) is 16.7 Å². The molecule has 1 fully saturated rings. The lowest BCUT2D eigenvalue weighted by Crippen LogP contribution is -2.39. The van der Waals surface area contributed by atoms with Gasteiger partial charge >= 0.3 is 5.97 Å². The van der Waals surface area contributed by atoms with Crippen LogP contribution in [-0.4, -0.2) is 37.0 Å². The van der Waals surface area contributed by atoms with E-state index in [1.54, 1.807) is 0 Å². The van der Waals surface area contributed by atoms with Crippen molar-refractivity contribution < 1.29 is 22.7 Å². The number of carboxylic acids is 1. The summed E-state index contributed by atoms with van der Waals surface area (Å²) in [5, 5.41) is 11.8. The van der Waals surface area contributed by atoms with Gasteiger partial charge in [0.15, 0.2) is 9.84 Å². The van der Waals surface area contributed by atoms with Gasteiger partial charge in [-0.15, -0.1) is 0 Å². The third kappa shape index (κ3) is 3.33. The predicted molar refractivity (Wildman–Crippen MR) is 64.2 cm³/mol. The summed E-state index contributed by atoms with van der Waals surface area (Å²) in [6, 6.07) is 1.36. The van der Waals surface area contributed by atoms with E-state index < -0.39 is 15.8 Å². The zero-order valence-corrected chi connectivity index (χ0v) is 10.6. The van der Waals surface area contributed by atoms with Gasteiger partial charge in [0.1, 0.15) is 12.0 Å². The first kappa shape index (κ1) is 13.1. The Bertz CT molecular complexity index is 533. The smallest absolute Gasteiger partial charge is 0.338 e. The summed E-state index contributed by atoms with van der Waals surface area (Å²) < 4.78 is 27.9. The Morgan fingerprint density at radius 2 is 2.33 bits per heavy atom. The van der Waals surface area contributed by atoms with Crippen molar-refractivity contribution in [2.24, 2.45) is 0 Å².